The number of phenols is 2. The van der Waals surface area contributed by atoms with Crippen molar-refractivity contribution in [1.82, 2.24) is 0 Å². The predicted molar refractivity (Wildman–Crippen MR) is 130 cm³/mol. The van der Waals surface area contributed by atoms with E-state index in [9.17, 15) is 35.7 Å². The summed E-state index contributed by atoms with van der Waals surface area (Å²) >= 11 is 0. The van der Waals surface area contributed by atoms with Crippen LogP contribution in [-0.2, 0) is 20.6 Å². The lowest BCUT2D eigenvalue weighted by atomic mass is 9.80. The molecule has 0 amide bonds. The maximum Gasteiger partial charge on any atom is 0.186 e. The molecule has 2 aromatic rings. The van der Waals surface area contributed by atoms with Crippen LogP contribution in [0.15, 0.2) is 36.4 Å². The van der Waals surface area contributed by atoms with E-state index in [0.717, 1.165) is 0 Å². The molecule has 0 spiro atoms. The molecule has 0 radical (unpaired) electrons. The van der Waals surface area contributed by atoms with E-state index in [1.807, 2.05) is 0 Å². The summed E-state index contributed by atoms with van der Waals surface area (Å²) in [4.78, 5) is 0. The van der Waals surface area contributed by atoms with Gasteiger partial charge in [0.2, 0.25) is 0 Å². The van der Waals surface area contributed by atoms with Crippen molar-refractivity contribution in [3.05, 3.63) is 47.5 Å². The minimum atomic E-state index is -1.62. The highest BCUT2D eigenvalue weighted by atomic mass is 16.7. The van der Waals surface area contributed by atoms with Gasteiger partial charge < -0.3 is 59.4 Å². The molecular formula is C26H34O12. The zero-order chi connectivity index (χ0) is 27.6. The molecule has 0 aliphatic carbocycles. The number of hydrogen-bond acceptors (Lipinski definition) is 12. The lowest BCUT2D eigenvalue weighted by molar-refractivity contribution is -0.305. The van der Waals surface area contributed by atoms with Crippen LogP contribution in [0.3, 0.4) is 0 Å². The number of aliphatic hydroxyl groups is 5. The standard InChI is InChI=1S/C26H34O12/c1-34-18-7-13(3-5-16(18)28)9-26(33)12-37-24(14-4-6-17(29)19(8-14)35-2)15(26)11-36-25-23(32)22(31)21(30)20(10-27)38-25/h3-8,15,20-25,27-33H,9-12H2,1-2H3/t15-,20-,21-,22+,23-,24-,25-,26-/m1/s1. The molecule has 2 heterocycles. The number of phenolic OH excluding ortho intramolecular Hbond substituents is 2. The predicted octanol–water partition coefficient (Wildman–Crippen LogP) is -0.407. The normalized spacial score (nSPS) is 33.3. The molecule has 12 nitrogen and oxygen atoms in total. The van der Waals surface area contributed by atoms with Gasteiger partial charge in [-0.2, -0.15) is 0 Å². The van der Waals surface area contributed by atoms with E-state index < -0.39 is 54.9 Å². The van der Waals surface area contributed by atoms with Crippen molar-refractivity contribution in [3.8, 4) is 23.0 Å². The van der Waals surface area contributed by atoms with Gasteiger partial charge in [-0.1, -0.05) is 12.1 Å². The zero-order valence-corrected chi connectivity index (χ0v) is 21.0. The lowest BCUT2D eigenvalue weighted by Crippen LogP contribution is -2.59. The third-order valence-corrected chi connectivity index (χ3v) is 7.14. The fourth-order valence-corrected chi connectivity index (χ4v) is 4.95. The van der Waals surface area contributed by atoms with Gasteiger partial charge in [-0.15, -0.1) is 0 Å². The second-order valence-electron chi connectivity index (χ2n) is 9.59. The van der Waals surface area contributed by atoms with Crippen LogP contribution in [0.1, 0.15) is 17.2 Å². The number of ether oxygens (including phenoxy) is 5. The number of hydrogen-bond donors (Lipinski definition) is 7. The van der Waals surface area contributed by atoms with E-state index in [0.29, 0.717) is 11.1 Å². The number of rotatable bonds is 9. The summed E-state index contributed by atoms with van der Waals surface area (Å²) in [7, 11) is 2.82. The van der Waals surface area contributed by atoms with E-state index in [1.165, 1.54) is 26.4 Å². The molecule has 0 saturated carbocycles. The van der Waals surface area contributed by atoms with E-state index in [4.69, 9.17) is 23.7 Å². The van der Waals surface area contributed by atoms with E-state index in [-0.39, 0.29) is 42.6 Å². The molecule has 4 rings (SSSR count). The first kappa shape index (κ1) is 28.3. The summed E-state index contributed by atoms with van der Waals surface area (Å²) in [5.41, 5.74) is -0.278. The molecule has 2 aliphatic heterocycles. The fourth-order valence-electron chi connectivity index (χ4n) is 4.95. The number of aliphatic hydroxyl groups excluding tert-OH is 4. The molecule has 2 aliphatic rings. The molecule has 38 heavy (non-hydrogen) atoms. The Morgan fingerprint density at radius 2 is 1.58 bits per heavy atom. The summed E-state index contributed by atoms with van der Waals surface area (Å²) in [6.45, 7) is -0.936. The minimum absolute atomic E-state index is 0.0533. The van der Waals surface area contributed by atoms with Gasteiger partial charge in [0.05, 0.1) is 45.7 Å². The Morgan fingerprint density at radius 1 is 0.921 bits per heavy atom. The van der Waals surface area contributed by atoms with Crippen LogP contribution in [0.5, 0.6) is 23.0 Å². The van der Waals surface area contributed by atoms with E-state index >= 15 is 0 Å². The fraction of sp³-hybridized carbons (Fsp3) is 0.538. The van der Waals surface area contributed by atoms with Crippen LogP contribution in [0.2, 0.25) is 0 Å². The van der Waals surface area contributed by atoms with Crippen molar-refractivity contribution in [2.24, 2.45) is 5.92 Å². The molecule has 12 heteroatoms. The van der Waals surface area contributed by atoms with Gasteiger partial charge in [0, 0.05) is 12.3 Å². The Morgan fingerprint density at radius 3 is 2.24 bits per heavy atom. The molecule has 7 N–H and O–H groups in total. The molecule has 2 saturated heterocycles. The lowest BCUT2D eigenvalue weighted by Gasteiger charge is -2.40. The molecule has 2 fully saturated rings. The topological polar surface area (TPSA) is 188 Å². The average molecular weight is 539 g/mol. The minimum Gasteiger partial charge on any atom is -0.504 e. The van der Waals surface area contributed by atoms with Crippen LogP contribution in [0, 0.1) is 5.92 Å². The Hall–Kier alpha value is -2.68. The van der Waals surface area contributed by atoms with E-state index in [2.05, 4.69) is 0 Å². The first-order valence-electron chi connectivity index (χ1n) is 12.1. The Balaban J connectivity index is 1.62. The second-order valence-corrected chi connectivity index (χ2v) is 9.59. The molecular weight excluding hydrogens is 504 g/mol. The maximum atomic E-state index is 11.8. The van der Waals surface area contributed by atoms with Gasteiger partial charge in [-0.3, -0.25) is 0 Å². The van der Waals surface area contributed by atoms with Crippen molar-refractivity contribution in [3.63, 3.8) is 0 Å². The van der Waals surface area contributed by atoms with E-state index in [1.54, 1.807) is 24.3 Å². The highest BCUT2D eigenvalue weighted by molar-refractivity contribution is 5.44. The summed E-state index contributed by atoms with van der Waals surface area (Å²) in [5, 5.41) is 71.9. The van der Waals surface area contributed by atoms with Gasteiger partial charge in [-0.25, -0.2) is 0 Å². The monoisotopic (exact) mass is 538 g/mol. The number of aromatic hydroxyl groups is 2. The van der Waals surface area contributed by atoms with Crippen LogP contribution in [-0.4, -0.2) is 106 Å². The summed E-state index contributed by atoms with van der Waals surface area (Å²) in [5.74, 6) is -0.446. The first-order chi connectivity index (χ1) is 18.1. The van der Waals surface area contributed by atoms with Crippen LogP contribution in [0.4, 0.5) is 0 Å². The highest BCUT2D eigenvalue weighted by Crippen LogP contribution is 2.45. The van der Waals surface area contributed by atoms with Crippen molar-refractivity contribution >= 4 is 0 Å². The van der Waals surface area contributed by atoms with Gasteiger partial charge in [-0.05, 0) is 35.4 Å². The first-order valence-corrected chi connectivity index (χ1v) is 12.1. The summed E-state index contributed by atoms with van der Waals surface area (Å²) < 4.78 is 27.7. The van der Waals surface area contributed by atoms with Crippen LogP contribution >= 0.6 is 0 Å². The van der Waals surface area contributed by atoms with Gasteiger partial charge >= 0.3 is 0 Å². The molecule has 8 atom stereocenters. The SMILES string of the molecule is COc1cc(C[C@@]2(O)CO[C@H](c3ccc(O)c(OC)c3)[C@H]2CO[C@@H]2O[C@H](CO)[C@@H](O)[C@H](O)[C@H]2O)ccc1O. The van der Waals surface area contributed by atoms with Gasteiger partial charge in [0.1, 0.15) is 24.4 Å². The third-order valence-electron chi connectivity index (χ3n) is 7.14. The highest BCUT2D eigenvalue weighted by Gasteiger charge is 2.51. The van der Waals surface area contributed by atoms with Crippen molar-refractivity contribution < 1.29 is 59.4 Å². The van der Waals surface area contributed by atoms with Gasteiger partial charge in [0.15, 0.2) is 29.3 Å². The van der Waals surface area contributed by atoms with Crippen LogP contribution in [0.25, 0.3) is 0 Å². The maximum absolute atomic E-state index is 11.8. The molecule has 0 unspecified atom stereocenters. The Bertz CT molecular complexity index is 1090. The number of methoxy groups -OCH3 is 2. The smallest absolute Gasteiger partial charge is 0.186 e. The quantitative estimate of drug-likeness (QED) is 0.219. The Kier molecular flexibility index (Phi) is 8.65. The second kappa shape index (κ2) is 11.6. The van der Waals surface area contributed by atoms with Crippen LogP contribution < -0.4 is 9.47 Å². The van der Waals surface area contributed by atoms with Crippen molar-refractivity contribution in [2.75, 3.05) is 34.0 Å². The largest absolute Gasteiger partial charge is 0.504 e. The van der Waals surface area contributed by atoms with Crippen molar-refractivity contribution in [1.29, 1.82) is 0 Å². The molecule has 0 bridgehead atoms. The molecule has 210 valence electrons. The summed E-state index contributed by atoms with van der Waals surface area (Å²) in [6, 6.07) is 9.33. The molecule has 0 aromatic heterocycles. The Labute approximate surface area is 219 Å². The average Bonchev–Trinajstić information content (AvgIpc) is 3.23. The summed E-state index contributed by atoms with van der Waals surface area (Å²) in [6.07, 6.45) is -7.99. The van der Waals surface area contributed by atoms with Gasteiger partial charge in [0.25, 0.3) is 0 Å². The van der Waals surface area contributed by atoms with Crippen molar-refractivity contribution in [2.45, 2.75) is 48.8 Å². The number of benzene rings is 2. The zero-order valence-electron chi connectivity index (χ0n) is 21.0. The molecule has 2 aromatic carbocycles. The third kappa shape index (κ3) is 5.53.